The lowest BCUT2D eigenvalue weighted by Gasteiger charge is -2.05. The van der Waals surface area contributed by atoms with Gasteiger partial charge in [0.2, 0.25) is 0 Å². The van der Waals surface area contributed by atoms with Crippen molar-refractivity contribution in [3.63, 3.8) is 0 Å². The molecule has 1 heterocycles. The Morgan fingerprint density at radius 2 is 1.97 bits per heavy atom. The number of esters is 1. The third-order valence-corrected chi connectivity index (χ3v) is 7.07. The van der Waals surface area contributed by atoms with Gasteiger partial charge in [-0.15, -0.1) is 11.8 Å². The van der Waals surface area contributed by atoms with Crippen LogP contribution >= 0.6 is 23.1 Å². The molecule has 0 saturated carbocycles. The summed E-state index contributed by atoms with van der Waals surface area (Å²) in [4.78, 5) is 30.5. The fraction of sp³-hybridized carbons (Fsp3) is 0.250. The standard InChI is InChI=1S/C20H20N2O5S3/c1-4-27-18(23)12-22-16-9-8-15(30(3,25)26)11-17(16)29-20(22)21-19(24)13-6-5-7-14(10-13)28-2/h5-11H,4,12H2,1-3H3. The van der Waals surface area contributed by atoms with Crippen LogP contribution < -0.4 is 4.80 Å². The Hall–Kier alpha value is -2.43. The van der Waals surface area contributed by atoms with Gasteiger partial charge in [-0.25, -0.2) is 8.42 Å². The number of hydrogen-bond acceptors (Lipinski definition) is 7. The van der Waals surface area contributed by atoms with E-state index in [0.29, 0.717) is 20.6 Å². The molecular weight excluding hydrogens is 444 g/mol. The molecule has 0 fully saturated rings. The Labute approximate surface area is 182 Å². The Balaban J connectivity index is 2.16. The van der Waals surface area contributed by atoms with E-state index in [1.807, 2.05) is 12.3 Å². The zero-order valence-electron chi connectivity index (χ0n) is 16.6. The molecule has 0 spiro atoms. The summed E-state index contributed by atoms with van der Waals surface area (Å²) in [6.07, 6.45) is 3.04. The number of fused-ring (bicyclic) bond motifs is 1. The van der Waals surface area contributed by atoms with E-state index < -0.39 is 21.7 Å². The molecule has 0 atom stereocenters. The quantitative estimate of drug-likeness (QED) is 0.411. The van der Waals surface area contributed by atoms with E-state index >= 15 is 0 Å². The maximum atomic E-state index is 12.8. The SMILES string of the molecule is CCOC(=O)Cn1c(=NC(=O)c2cccc(SC)c2)sc2cc(S(C)(=O)=O)ccc21. The molecule has 30 heavy (non-hydrogen) atoms. The number of hydrogen-bond donors (Lipinski definition) is 0. The predicted molar refractivity (Wildman–Crippen MR) is 118 cm³/mol. The molecule has 7 nitrogen and oxygen atoms in total. The van der Waals surface area contributed by atoms with Crippen LogP contribution in [0.15, 0.2) is 57.2 Å². The van der Waals surface area contributed by atoms with Crippen LogP contribution in [-0.2, 0) is 25.9 Å². The fourth-order valence-corrected chi connectivity index (χ4v) is 5.01. The Morgan fingerprint density at radius 3 is 2.63 bits per heavy atom. The van der Waals surface area contributed by atoms with Crippen molar-refractivity contribution in [1.29, 1.82) is 0 Å². The third kappa shape index (κ3) is 5.00. The summed E-state index contributed by atoms with van der Waals surface area (Å²) in [5.41, 5.74) is 1.03. The molecule has 0 radical (unpaired) electrons. The van der Waals surface area contributed by atoms with E-state index in [4.69, 9.17) is 4.74 Å². The molecule has 1 aromatic heterocycles. The van der Waals surface area contributed by atoms with Crippen molar-refractivity contribution in [2.45, 2.75) is 23.3 Å². The summed E-state index contributed by atoms with van der Waals surface area (Å²) in [7, 11) is -3.40. The van der Waals surface area contributed by atoms with Gasteiger partial charge in [-0.1, -0.05) is 17.4 Å². The normalized spacial score (nSPS) is 12.3. The number of benzene rings is 2. The molecule has 0 N–H and O–H groups in total. The van der Waals surface area contributed by atoms with Gasteiger partial charge in [0.15, 0.2) is 14.6 Å². The molecule has 0 aliphatic heterocycles. The minimum atomic E-state index is -3.40. The second kappa shape index (κ2) is 9.15. The summed E-state index contributed by atoms with van der Waals surface area (Å²) < 4.78 is 31.0. The molecule has 2 aromatic carbocycles. The van der Waals surface area contributed by atoms with E-state index in [0.717, 1.165) is 22.5 Å². The lowest BCUT2D eigenvalue weighted by atomic mass is 10.2. The largest absolute Gasteiger partial charge is 0.465 e. The average Bonchev–Trinajstić information content (AvgIpc) is 3.03. The van der Waals surface area contributed by atoms with Crippen LogP contribution in [0.1, 0.15) is 17.3 Å². The van der Waals surface area contributed by atoms with Gasteiger partial charge < -0.3 is 9.30 Å². The van der Waals surface area contributed by atoms with Crippen LogP contribution in [0.3, 0.4) is 0 Å². The van der Waals surface area contributed by atoms with Crippen molar-refractivity contribution in [3.8, 4) is 0 Å². The molecule has 1 amide bonds. The minimum Gasteiger partial charge on any atom is -0.465 e. The monoisotopic (exact) mass is 464 g/mol. The van der Waals surface area contributed by atoms with Crippen LogP contribution in [0.2, 0.25) is 0 Å². The van der Waals surface area contributed by atoms with Crippen molar-refractivity contribution in [1.82, 2.24) is 4.57 Å². The van der Waals surface area contributed by atoms with Crippen molar-refractivity contribution < 1.29 is 22.7 Å². The summed E-state index contributed by atoms with van der Waals surface area (Å²) in [6, 6.07) is 11.7. The second-order valence-corrected chi connectivity index (χ2v) is 10.2. The van der Waals surface area contributed by atoms with Gasteiger partial charge in [-0.2, -0.15) is 4.99 Å². The first-order valence-electron chi connectivity index (χ1n) is 8.95. The molecule has 0 aliphatic rings. The number of sulfone groups is 1. The fourth-order valence-electron chi connectivity index (χ4n) is 2.77. The lowest BCUT2D eigenvalue weighted by Crippen LogP contribution is -2.23. The molecule has 10 heteroatoms. The van der Waals surface area contributed by atoms with Crippen LogP contribution in [-0.4, -0.2) is 44.0 Å². The predicted octanol–water partition coefficient (Wildman–Crippen LogP) is 3.13. The number of amides is 1. The van der Waals surface area contributed by atoms with Crippen molar-refractivity contribution in [2.24, 2.45) is 4.99 Å². The summed E-state index contributed by atoms with van der Waals surface area (Å²) in [5, 5.41) is 0. The number of aromatic nitrogens is 1. The van der Waals surface area contributed by atoms with Gasteiger partial charge in [0.1, 0.15) is 6.54 Å². The molecule has 0 saturated heterocycles. The van der Waals surface area contributed by atoms with Crippen LogP contribution in [0, 0.1) is 0 Å². The van der Waals surface area contributed by atoms with Gasteiger partial charge >= 0.3 is 5.97 Å². The molecule has 0 aliphatic carbocycles. The van der Waals surface area contributed by atoms with E-state index in [1.165, 1.54) is 23.9 Å². The third-order valence-electron chi connectivity index (χ3n) is 4.19. The summed E-state index contributed by atoms with van der Waals surface area (Å²) >= 11 is 2.66. The van der Waals surface area contributed by atoms with E-state index in [-0.39, 0.29) is 18.0 Å². The topological polar surface area (TPSA) is 94.8 Å². The number of rotatable bonds is 6. The molecule has 3 aromatic rings. The number of thiazole rings is 1. The zero-order chi connectivity index (χ0) is 21.9. The first kappa shape index (κ1) is 22.3. The molecule has 0 unspecified atom stereocenters. The Kier molecular flexibility index (Phi) is 6.79. The highest BCUT2D eigenvalue weighted by atomic mass is 32.2. The highest BCUT2D eigenvalue weighted by molar-refractivity contribution is 7.98. The zero-order valence-corrected chi connectivity index (χ0v) is 19.1. The van der Waals surface area contributed by atoms with Crippen LogP contribution in [0.5, 0.6) is 0 Å². The van der Waals surface area contributed by atoms with Crippen molar-refractivity contribution >= 4 is 55.0 Å². The first-order chi connectivity index (χ1) is 14.2. The molecule has 158 valence electrons. The smallest absolute Gasteiger partial charge is 0.326 e. The van der Waals surface area contributed by atoms with Gasteiger partial charge in [-0.05, 0) is 49.6 Å². The van der Waals surface area contributed by atoms with Gasteiger partial charge in [-0.3, -0.25) is 9.59 Å². The highest BCUT2D eigenvalue weighted by Crippen LogP contribution is 2.22. The maximum absolute atomic E-state index is 12.8. The van der Waals surface area contributed by atoms with Crippen molar-refractivity contribution in [2.75, 3.05) is 19.1 Å². The van der Waals surface area contributed by atoms with Gasteiger partial charge in [0.05, 0.1) is 21.7 Å². The van der Waals surface area contributed by atoms with E-state index in [2.05, 4.69) is 4.99 Å². The number of thioether (sulfide) groups is 1. The van der Waals surface area contributed by atoms with Crippen molar-refractivity contribution in [3.05, 3.63) is 52.8 Å². The second-order valence-electron chi connectivity index (χ2n) is 6.33. The molecule has 3 rings (SSSR count). The summed E-state index contributed by atoms with van der Waals surface area (Å²) in [6.45, 7) is 1.80. The average molecular weight is 465 g/mol. The van der Waals surface area contributed by atoms with Crippen LogP contribution in [0.25, 0.3) is 10.2 Å². The molecular formula is C20H20N2O5S3. The Bertz CT molecular complexity index is 1290. The lowest BCUT2D eigenvalue weighted by molar-refractivity contribution is -0.143. The number of ether oxygens (including phenoxy) is 1. The van der Waals surface area contributed by atoms with Crippen LogP contribution in [0.4, 0.5) is 0 Å². The summed E-state index contributed by atoms with van der Waals surface area (Å²) in [5.74, 6) is -0.916. The highest BCUT2D eigenvalue weighted by Gasteiger charge is 2.16. The Morgan fingerprint density at radius 1 is 1.20 bits per heavy atom. The number of carbonyl (C=O) groups excluding carboxylic acids is 2. The van der Waals surface area contributed by atoms with Gasteiger partial charge in [0, 0.05) is 16.7 Å². The minimum absolute atomic E-state index is 0.136. The number of carbonyl (C=O) groups is 2. The maximum Gasteiger partial charge on any atom is 0.326 e. The molecule has 0 bridgehead atoms. The first-order valence-corrected chi connectivity index (χ1v) is 12.9. The van der Waals surface area contributed by atoms with Gasteiger partial charge in [0.25, 0.3) is 5.91 Å². The number of nitrogens with zero attached hydrogens (tertiary/aromatic N) is 2. The van der Waals surface area contributed by atoms with E-state index in [9.17, 15) is 18.0 Å². The van der Waals surface area contributed by atoms with E-state index in [1.54, 1.807) is 35.8 Å².